The average molecular weight is 204 g/mol. The van der Waals surface area contributed by atoms with Crippen LogP contribution in [-0.4, -0.2) is 29.9 Å². The van der Waals surface area contributed by atoms with Gasteiger partial charge in [-0.15, -0.1) is 12.4 Å². The van der Waals surface area contributed by atoms with Gasteiger partial charge in [-0.3, -0.25) is 4.79 Å². The molecule has 2 heterocycles. The van der Waals surface area contributed by atoms with E-state index < -0.39 is 5.97 Å². The van der Waals surface area contributed by atoms with Gasteiger partial charge in [0.2, 0.25) is 5.91 Å². The Morgan fingerprint density at radius 1 is 1.69 bits per heavy atom. The van der Waals surface area contributed by atoms with Gasteiger partial charge in [0.15, 0.2) is 0 Å². The quantitative estimate of drug-likeness (QED) is 0.460. The molecule has 0 bridgehead atoms. The molecule has 0 aliphatic carbocycles. The third-order valence-electron chi connectivity index (χ3n) is 2.28. The Bertz CT molecular complexity index is 287. The number of hydrogen-bond acceptors (Lipinski definition) is 3. The van der Waals surface area contributed by atoms with Crippen LogP contribution in [0.25, 0.3) is 0 Å². The second-order valence-electron chi connectivity index (χ2n) is 2.94. The van der Waals surface area contributed by atoms with E-state index in [1.54, 1.807) is 6.08 Å². The summed E-state index contributed by atoms with van der Waals surface area (Å²) in [5.74, 6) is -0.389. The number of carbonyl (C=O) groups excluding carboxylic acids is 2. The van der Waals surface area contributed by atoms with Gasteiger partial charge in [-0.25, -0.2) is 4.79 Å². The third-order valence-corrected chi connectivity index (χ3v) is 2.28. The maximum absolute atomic E-state index is 11.1. The normalized spacial score (nSPS) is 24.1. The fourth-order valence-corrected chi connectivity index (χ4v) is 1.63. The molecule has 2 aliphatic rings. The molecule has 0 aromatic rings. The monoisotopic (exact) mass is 203 g/mol. The van der Waals surface area contributed by atoms with Crippen molar-refractivity contribution in [1.29, 1.82) is 0 Å². The van der Waals surface area contributed by atoms with Gasteiger partial charge in [0.05, 0.1) is 7.11 Å². The van der Waals surface area contributed by atoms with Crippen LogP contribution in [-0.2, 0) is 14.3 Å². The summed E-state index contributed by atoms with van der Waals surface area (Å²) in [6, 6.07) is 0.228. The molecule has 2 rings (SSSR count). The Labute approximate surface area is 81.9 Å². The third kappa shape index (κ3) is 1.31. The molecule has 2 aliphatic heterocycles. The van der Waals surface area contributed by atoms with E-state index in [1.165, 1.54) is 12.0 Å². The molecule has 0 saturated carbocycles. The molecule has 1 saturated heterocycles. The minimum Gasteiger partial charge on any atom is -0.464 e. The average Bonchev–Trinajstić information content (AvgIpc) is 2.40. The molecule has 5 heteroatoms. The van der Waals surface area contributed by atoms with E-state index >= 15 is 0 Å². The summed E-state index contributed by atoms with van der Waals surface area (Å²) in [6.07, 6.45) is 3.12. The number of β-lactam (4-membered cyclic amide) rings is 1. The molecule has 13 heavy (non-hydrogen) atoms. The smallest absolute Gasteiger partial charge is 0.354 e. The highest BCUT2D eigenvalue weighted by Crippen LogP contribution is 2.33. The molecular formula is C8H10ClNO3. The van der Waals surface area contributed by atoms with Gasteiger partial charge < -0.3 is 9.64 Å². The van der Waals surface area contributed by atoms with E-state index in [4.69, 9.17) is 0 Å². The molecule has 0 aromatic carbocycles. The Morgan fingerprint density at radius 2 is 2.38 bits per heavy atom. The molecule has 0 aromatic heterocycles. The van der Waals surface area contributed by atoms with Gasteiger partial charge in [-0.2, -0.15) is 0 Å². The molecule has 0 N–H and O–H groups in total. The fourth-order valence-electron chi connectivity index (χ4n) is 1.63. The van der Waals surface area contributed by atoms with Crippen LogP contribution in [0.5, 0.6) is 0 Å². The van der Waals surface area contributed by atoms with Crippen LogP contribution in [0, 0.1) is 0 Å². The molecule has 4 nitrogen and oxygen atoms in total. The van der Waals surface area contributed by atoms with Crippen LogP contribution in [0.1, 0.15) is 12.8 Å². The van der Waals surface area contributed by atoms with Crippen molar-refractivity contribution in [2.24, 2.45) is 0 Å². The molecule has 1 fully saturated rings. The van der Waals surface area contributed by atoms with E-state index in [-0.39, 0.29) is 24.4 Å². The lowest BCUT2D eigenvalue weighted by molar-refractivity contribution is -0.148. The van der Waals surface area contributed by atoms with Gasteiger partial charge in [-0.1, -0.05) is 6.08 Å². The second-order valence-corrected chi connectivity index (χ2v) is 2.94. The lowest BCUT2D eigenvalue weighted by atomic mass is 10.0. The zero-order valence-electron chi connectivity index (χ0n) is 7.15. The van der Waals surface area contributed by atoms with Crippen molar-refractivity contribution < 1.29 is 14.3 Å². The summed E-state index contributed by atoms with van der Waals surface area (Å²) in [5.41, 5.74) is 0.416. The number of rotatable bonds is 1. The molecule has 1 atom stereocenters. The maximum Gasteiger partial charge on any atom is 0.354 e. The zero-order chi connectivity index (χ0) is 8.72. The van der Waals surface area contributed by atoms with Gasteiger partial charge in [0.25, 0.3) is 0 Å². The summed E-state index contributed by atoms with van der Waals surface area (Å²) < 4.78 is 4.53. The van der Waals surface area contributed by atoms with Crippen LogP contribution in [0.4, 0.5) is 0 Å². The Kier molecular flexibility index (Phi) is 2.61. The molecule has 0 radical (unpaired) electrons. The molecular weight excluding hydrogens is 194 g/mol. The van der Waals surface area contributed by atoms with E-state index in [2.05, 4.69) is 4.74 Å². The van der Waals surface area contributed by atoms with Crippen molar-refractivity contribution in [3.63, 3.8) is 0 Å². The van der Waals surface area contributed by atoms with Gasteiger partial charge >= 0.3 is 5.97 Å². The highest BCUT2D eigenvalue weighted by atomic mass is 35.5. The first-order valence-corrected chi connectivity index (χ1v) is 3.84. The summed E-state index contributed by atoms with van der Waals surface area (Å²) in [6.45, 7) is 0. The molecule has 72 valence electrons. The lowest BCUT2D eigenvalue weighted by Gasteiger charge is -2.35. The first kappa shape index (κ1) is 10.1. The summed E-state index contributed by atoms with van der Waals surface area (Å²) >= 11 is 0. The lowest BCUT2D eigenvalue weighted by Crippen LogP contribution is -2.49. The van der Waals surface area contributed by atoms with Crippen molar-refractivity contribution in [3.05, 3.63) is 11.8 Å². The van der Waals surface area contributed by atoms with Gasteiger partial charge in [0.1, 0.15) is 5.70 Å². The van der Waals surface area contributed by atoms with Crippen molar-refractivity contribution in [3.8, 4) is 0 Å². The highest BCUT2D eigenvalue weighted by molar-refractivity contribution is 5.98. The topological polar surface area (TPSA) is 46.6 Å². The minimum absolute atomic E-state index is 0. The number of carbonyl (C=O) groups is 2. The SMILES string of the molecule is COC(=O)C1=CC[C@@H]2CC(=O)N12.Cl. The number of hydrogen-bond donors (Lipinski definition) is 0. The number of halogens is 1. The van der Waals surface area contributed by atoms with E-state index in [1.807, 2.05) is 0 Å². The number of nitrogens with zero attached hydrogens (tertiary/aromatic N) is 1. The van der Waals surface area contributed by atoms with Crippen molar-refractivity contribution in [1.82, 2.24) is 4.90 Å². The number of methoxy groups -OCH3 is 1. The van der Waals surface area contributed by atoms with Crippen LogP contribution in [0.3, 0.4) is 0 Å². The standard InChI is InChI=1S/C8H9NO3.ClH/c1-12-8(11)6-3-2-5-4-7(10)9(5)6;/h3,5H,2,4H2,1H3;1H/t5-;/m1./s1. The summed E-state index contributed by atoms with van der Waals surface area (Å²) in [7, 11) is 1.32. The largest absolute Gasteiger partial charge is 0.464 e. The van der Waals surface area contributed by atoms with Crippen LogP contribution in [0.2, 0.25) is 0 Å². The van der Waals surface area contributed by atoms with Gasteiger partial charge in [0, 0.05) is 12.5 Å². The number of fused-ring (bicyclic) bond motifs is 1. The molecule has 0 unspecified atom stereocenters. The predicted octanol–water partition coefficient (Wildman–Crippen LogP) is 0.470. The molecule has 0 spiro atoms. The van der Waals surface area contributed by atoms with E-state index in [0.29, 0.717) is 12.1 Å². The predicted molar refractivity (Wildman–Crippen MR) is 47.2 cm³/mol. The van der Waals surface area contributed by atoms with E-state index in [9.17, 15) is 9.59 Å². The van der Waals surface area contributed by atoms with Crippen molar-refractivity contribution in [2.75, 3.05) is 7.11 Å². The molecule has 1 amide bonds. The summed E-state index contributed by atoms with van der Waals surface area (Å²) in [5, 5.41) is 0. The van der Waals surface area contributed by atoms with Crippen LogP contribution < -0.4 is 0 Å². The zero-order valence-corrected chi connectivity index (χ0v) is 7.97. The van der Waals surface area contributed by atoms with Crippen LogP contribution in [0.15, 0.2) is 11.8 Å². The summed E-state index contributed by atoms with van der Waals surface area (Å²) in [4.78, 5) is 23.6. The second kappa shape index (κ2) is 3.38. The fraction of sp³-hybridized carbons (Fsp3) is 0.500. The number of esters is 1. The first-order valence-electron chi connectivity index (χ1n) is 3.84. The first-order chi connectivity index (χ1) is 5.74. The Balaban J connectivity index is 0.000000845. The van der Waals surface area contributed by atoms with E-state index in [0.717, 1.165) is 6.42 Å². The minimum atomic E-state index is -0.412. The highest BCUT2D eigenvalue weighted by Gasteiger charge is 2.43. The Morgan fingerprint density at radius 3 is 2.92 bits per heavy atom. The van der Waals surface area contributed by atoms with Crippen molar-refractivity contribution in [2.45, 2.75) is 18.9 Å². The number of amides is 1. The van der Waals surface area contributed by atoms with Gasteiger partial charge in [-0.05, 0) is 6.42 Å². The maximum atomic E-state index is 11.1. The number of ether oxygens (including phenoxy) is 1. The van der Waals surface area contributed by atoms with Crippen molar-refractivity contribution >= 4 is 24.3 Å². The Hall–Kier alpha value is -1.03. The van der Waals surface area contributed by atoms with Crippen LogP contribution >= 0.6 is 12.4 Å².